The monoisotopic (exact) mass is 211 g/mol. The average Bonchev–Trinajstić information content (AvgIpc) is 2.40. The van der Waals surface area contributed by atoms with Gasteiger partial charge in [0.1, 0.15) is 0 Å². The van der Waals surface area contributed by atoms with Gasteiger partial charge in [-0.1, -0.05) is 18.5 Å². The molecule has 1 aromatic rings. The molecule has 0 fully saturated rings. The van der Waals surface area contributed by atoms with Gasteiger partial charge < -0.3 is 10.4 Å². The number of carbonyl (C=O) groups is 1. The third kappa shape index (κ3) is 1.21. The predicted octanol–water partition coefficient (Wildman–Crippen LogP) is 1.64. The first-order valence-electron chi connectivity index (χ1n) is 4.42. The summed E-state index contributed by atoms with van der Waals surface area (Å²) in [4.78, 5) is 11.4. The van der Waals surface area contributed by atoms with Crippen LogP contribution in [0.15, 0.2) is 18.2 Å². The molecule has 0 aromatic heterocycles. The number of hydrogen-bond donors (Lipinski definition) is 2. The van der Waals surface area contributed by atoms with Gasteiger partial charge in [0.05, 0.1) is 0 Å². The van der Waals surface area contributed by atoms with Gasteiger partial charge in [-0.15, -0.1) is 0 Å². The SMILES string of the molecule is CCC1(O)NC(=O)c2ccc(Cl)cc21. The lowest BCUT2D eigenvalue weighted by atomic mass is 10.00. The summed E-state index contributed by atoms with van der Waals surface area (Å²) in [6.45, 7) is 1.80. The van der Waals surface area contributed by atoms with Crippen LogP contribution in [-0.4, -0.2) is 11.0 Å². The Balaban J connectivity index is 2.62. The number of rotatable bonds is 1. The van der Waals surface area contributed by atoms with E-state index in [1.807, 2.05) is 0 Å². The van der Waals surface area contributed by atoms with Gasteiger partial charge in [0.15, 0.2) is 5.72 Å². The van der Waals surface area contributed by atoms with Crippen molar-refractivity contribution >= 4 is 17.5 Å². The van der Waals surface area contributed by atoms with Gasteiger partial charge in [0, 0.05) is 16.1 Å². The van der Waals surface area contributed by atoms with Crippen LogP contribution < -0.4 is 5.32 Å². The van der Waals surface area contributed by atoms with Crippen LogP contribution in [0.3, 0.4) is 0 Å². The van der Waals surface area contributed by atoms with Crippen molar-refractivity contribution in [1.82, 2.24) is 5.32 Å². The molecule has 1 aliphatic rings. The van der Waals surface area contributed by atoms with Crippen molar-refractivity contribution in [3.63, 3.8) is 0 Å². The van der Waals surface area contributed by atoms with E-state index in [2.05, 4.69) is 5.32 Å². The Bertz CT molecular complexity index is 405. The maximum atomic E-state index is 11.4. The van der Waals surface area contributed by atoms with Gasteiger partial charge in [0.2, 0.25) is 0 Å². The molecule has 14 heavy (non-hydrogen) atoms. The lowest BCUT2D eigenvalue weighted by Crippen LogP contribution is -2.38. The number of fused-ring (bicyclic) bond motifs is 1. The van der Waals surface area contributed by atoms with Crippen molar-refractivity contribution < 1.29 is 9.90 Å². The molecule has 0 spiro atoms. The molecule has 0 saturated heterocycles. The molecule has 1 aromatic carbocycles. The third-order valence-electron chi connectivity index (χ3n) is 2.50. The summed E-state index contributed by atoms with van der Waals surface area (Å²) in [6, 6.07) is 4.89. The largest absolute Gasteiger partial charge is 0.367 e. The van der Waals surface area contributed by atoms with Crippen LogP contribution in [0.25, 0.3) is 0 Å². The number of nitrogens with one attached hydrogen (secondary N) is 1. The molecule has 1 atom stereocenters. The highest BCUT2D eigenvalue weighted by atomic mass is 35.5. The Morgan fingerprint density at radius 3 is 2.93 bits per heavy atom. The van der Waals surface area contributed by atoms with Crippen LogP contribution in [-0.2, 0) is 5.72 Å². The second-order valence-corrected chi connectivity index (χ2v) is 3.79. The van der Waals surface area contributed by atoms with Crippen LogP contribution in [0, 0.1) is 0 Å². The van der Waals surface area contributed by atoms with E-state index in [0.717, 1.165) is 0 Å². The minimum atomic E-state index is -1.25. The number of halogens is 1. The second kappa shape index (κ2) is 2.97. The number of benzene rings is 1. The minimum absolute atomic E-state index is 0.249. The van der Waals surface area contributed by atoms with Crippen LogP contribution in [0.4, 0.5) is 0 Å². The number of carbonyl (C=O) groups excluding carboxylic acids is 1. The zero-order chi connectivity index (χ0) is 10.3. The third-order valence-corrected chi connectivity index (χ3v) is 2.74. The fraction of sp³-hybridized carbons (Fsp3) is 0.300. The zero-order valence-electron chi connectivity index (χ0n) is 7.67. The average molecular weight is 212 g/mol. The Labute approximate surface area is 86.7 Å². The predicted molar refractivity (Wildman–Crippen MR) is 53.1 cm³/mol. The second-order valence-electron chi connectivity index (χ2n) is 3.36. The summed E-state index contributed by atoms with van der Waals surface area (Å²) >= 11 is 5.81. The Morgan fingerprint density at radius 2 is 2.29 bits per heavy atom. The summed E-state index contributed by atoms with van der Waals surface area (Å²) in [5.41, 5.74) is -0.187. The summed E-state index contributed by atoms with van der Waals surface area (Å²) in [5.74, 6) is -0.249. The van der Waals surface area contributed by atoms with Crippen LogP contribution in [0.1, 0.15) is 29.3 Å². The standard InChI is InChI=1S/C10H10ClNO2/c1-2-10(14)8-5-6(11)3-4-7(8)9(13)12-10/h3-5,14H,2H2,1H3,(H,12,13). The van der Waals surface area contributed by atoms with Crippen molar-refractivity contribution in [2.45, 2.75) is 19.1 Å². The zero-order valence-corrected chi connectivity index (χ0v) is 8.43. The summed E-state index contributed by atoms with van der Waals surface area (Å²) < 4.78 is 0. The molecule has 0 radical (unpaired) electrons. The van der Waals surface area contributed by atoms with Crippen molar-refractivity contribution in [3.05, 3.63) is 34.3 Å². The van der Waals surface area contributed by atoms with E-state index in [4.69, 9.17) is 11.6 Å². The molecule has 4 heteroatoms. The molecule has 0 aliphatic carbocycles. The molecular weight excluding hydrogens is 202 g/mol. The fourth-order valence-electron chi connectivity index (χ4n) is 1.66. The highest BCUT2D eigenvalue weighted by Gasteiger charge is 2.39. The lowest BCUT2D eigenvalue weighted by molar-refractivity contribution is 0.00970. The van der Waals surface area contributed by atoms with Gasteiger partial charge in [-0.3, -0.25) is 4.79 Å². The van der Waals surface area contributed by atoms with Crippen LogP contribution in [0.2, 0.25) is 5.02 Å². The van der Waals surface area contributed by atoms with Gasteiger partial charge in [-0.25, -0.2) is 0 Å². The van der Waals surface area contributed by atoms with Gasteiger partial charge in [0.25, 0.3) is 5.91 Å². The van der Waals surface area contributed by atoms with Crippen molar-refractivity contribution in [2.24, 2.45) is 0 Å². The summed E-state index contributed by atoms with van der Waals surface area (Å²) in [6.07, 6.45) is 0.423. The van der Waals surface area contributed by atoms with E-state index in [9.17, 15) is 9.90 Å². The quantitative estimate of drug-likeness (QED) is 0.742. The molecule has 3 nitrogen and oxygen atoms in total. The fourth-order valence-corrected chi connectivity index (χ4v) is 1.83. The Hall–Kier alpha value is -1.06. The number of amides is 1. The van der Waals surface area contributed by atoms with Crippen molar-refractivity contribution in [1.29, 1.82) is 0 Å². The topological polar surface area (TPSA) is 49.3 Å². The molecule has 2 N–H and O–H groups in total. The molecule has 0 saturated carbocycles. The number of aliphatic hydroxyl groups is 1. The maximum Gasteiger partial charge on any atom is 0.254 e. The van der Waals surface area contributed by atoms with Crippen molar-refractivity contribution in [2.75, 3.05) is 0 Å². The maximum absolute atomic E-state index is 11.4. The van der Waals surface area contributed by atoms with E-state index in [1.165, 1.54) is 0 Å². The summed E-state index contributed by atoms with van der Waals surface area (Å²) in [5, 5.41) is 13.1. The first-order chi connectivity index (χ1) is 6.57. The number of hydrogen-bond acceptors (Lipinski definition) is 2. The smallest absolute Gasteiger partial charge is 0.254 e. The van der Waals surface area contributed by atoms with E-state index < -0.39 is 5.72 Å². The van der Waals surface area contributed by atoms with E-state index in [1.54, 1.807) is 25.1 Å². The van der Waals surface area contributed by atoms with Crippen LogP contribution in [0.5, 0.6) is 0 Å². The molecule has 2 rings (SSSR count). The van der Waals surface area contributed by atoms with Gasteiger partial charge in [-0.05, 0) is 24.6 Å². The molecule has 1 unspecified atom stereocenters. The Kier molecular flexibility index (Phi) is 2.01. The highest BCUT2D eigenvalue weighted by Crippen LogP contribution is 2.33. The first kappa shape index (κ1) is 9.49. The van der Waals surface area contributed by atoms with Crippen LogP contribution >= 0.6 is 11.6 Å². The lowest BCUT2D eigenvalue weighted by Gasteiger charge is -2.21. The molecular formula is C10H10ClNO2. The van der Waals surface area contributed by atoms with Gasteiger partial charge in [-0.2, -0.15) is 0 Å². The van der Waals surface area contributed by atoms with E-state index in [0.29, 0.717) is 22.6 Å². The molecule has 1 aliphatic heterocycles. The molecule has 1 amide bonds. The molecule has 0 bridgehead atoms. The minimum Gasteiger partial charge on any atom is -0.367 e. The summed E-state index contributed by atoms with van der Waals surface area (Å²) in [7, 11) is 0. The highest BCUT2D eigenvalue weighted by molar-refractivity contribution is 6.30. The molecule has 1 heterocycles. The molecule has 74 valence electrons. The van der Waals surface area contributed by atoms with Crippen molar-refractivity contribution in [3.8, 4) is 0 Å². The van der Waals surface area contributed by atoms with E-state index in [-0.39, 0.29) is 5.91 Å². The van der Waals surface area contributed by atoms with E-state index >= 15 is 0 Å². The van der Waals surface area contributed by atoms with Gasteiger partial charge >= 0.3 is 0 Å². The Morgan fingerprint density at radius 1 is 1.57 bits per heavy atom. The normalized spacial score (nSPS) is 24.6. The first-order valence-corrected chi connectivity index (χ1v) is 4.79.